The van der Waals surface area contributed by atoms with E-state index in [2.05, 4.69) is 10.5 Å². The van der Waals surface area contributed by atoms with Crippen LogP contribution in [-0.2, 0) is 4.74 Å². The smallest absolute Gasteiger partial charge is 0.404 e. The Morgan fingerprint density at radius 3 is 2.25 bits per heavy atom. The second kappa shape index (κ2) is 2.77. The molecule has 1 amide bonds. The van der Waals surface area contributed by atoms with Crippen LogP contribution >= 0.6 is 12.4 Å². The summed E-state index contributed by atoms with van der Waals surface area (Å²) in [6, 6.07) is 0. The summed E-state index contributed by atoms with van der Waals surface area (Å²) in [7, 11) is 0. The molecular weight excluding hydrogens is 130 g/mol. The van der Waals surface area contributed by atoms with Gasteiger partial charge in [-0.3, -0.25) is 0 Å². The monoisotopic (exact) mass is 137 g/mol. The number of nitrogens with two attached hydrogens (primary N) is 1. The van der Waals surface area contributed by atoms with Crippen molar-refractivity contribution < 1.29 is 9.53 Å². The Morgan fingerprint density at radius 1 is 1.62 bits per heavy atom. The van der Waals surface area contributed by atoms with Gasteiger partial charge in [0, 0.05) is 0 Å². The van der Waals surface area contributed by atoms with Crippen LogP contribution in [0.15, 0.2) is 0 Å². The molecule has 0 bridgehead atoms. The van der Waals surface area contributed by atoms with E-state index >= 15 is 0 Å². The number of carbonyl (C=O) groups is 1. The fourth-order valence-corrected chi connectivity index (χ4v) is 0.350. The highest BCUT2D eigenvalue weighted by atomic mass is 35.5. The molecule has 1 saturated carbocycles. The molecular formula is C4H8ClNO2. The van der Waals surface area contributed by atoms with Gasteiger partial charge in [0.15, 0.2) is 0 Å². The molecule has 1 fully saturated rings. The zero-order valence-corrected chi connectivity index (χ0v) is 5.11. The van der Waals surface area contributed by atoms with Crippen molar-refractivity contribution in [2.75, 3.05) is 0 Å². The van der Waals surface area contributed by atoms with E-state index in [0.29, 0.717) is 0 Å². The van der Waals surface area contributed by atoms with Crippen LogP contribution in [0.1, 0.15) is 12.8 Å². The summed E-state index contributed by atoms with van der Waals surface area (Å²) in [6.07, 6.45) is 1.48. The summed E-state index contributed by atoms with van der Waals surface area (Å²) >= 11 is 0. The van der Waals surface area contributed by atoms with E-state index in [1.54, 1.807) is 0 Å². The van der Waals surface area contributed by atoms with Crippen molar-refractivity contribution in [1.82, 2.24) is 0 Å². The quantitative estimate of drug-likeness (QED) is 0.578. The van der Waals surface area contributed by atoms with Crippen molar-refractivity contribution in [1.29, 1.82) is 0 Å². The van der Waals surface area contributed by atoms with E-state index in [1.807, 2.05) is 0 Å². The van der Waals surface area contributed by atoms with Crippen molar-refractivity contribution in [2.45, 2.75) is 18.9 Å². The van der Waals surface area contributed by atoms with Gasteiger partial charge in [-0.1, -0.05) is 0 Å². The van der Waals surface area contributed by atoms with Crippen LogP contribution in [0, 0.1) is 0 Å². The normalized spacial score (nSPS) is 16.5. The second-order valence-corrected chi connectivity index (χ2v) is 1.64. The fraction of sp³-hybridized carbons (Fsp3) is 0.750. The van der Waals surface area contributed by atoms with E-state index in [9.17, 15) is 4.79 Å². The van der Waals surface area contributed by atoms with Gasteiger partial charge in [-0.15, -0.1) is 12.4 Å². The maximum absolute atomic E-state index is 9.85. The van der Waals surface area contributed by atoms with Crippen molar-refractivity contribution in [3.63, 3.8) is 0 Å². The highest BCUT2D eigenvalue weighted by Crippen LogP contribution is 2.22. The van der Waals surface area contributed by atoms with E-state index in [-0.39, 0.29) is 18.5 Å². The number of amides is 1. The SMILES string of the molecule is Cl.NC(=O)OC1CC1. The predicted molar refractivity (Wildman–Crippen MR) is 30.9 cm³/mol. The first-order chi connectivity index (χ1) is 3.29. The summed E-state index contributed by atoms with van der Waals surface area (Å²) in [6.45, 7) is 0. The molecule has 0 spiro atoms. The third kappa shape index (κ3) is 2.69. The molecule has 0 atom stereocenters. The van der Waals surface area contributed by atoms with E-state index < -0.39 is 6.09 Å². The number of hydrogen-bond acceptors (Lipinski definition) is 2. The Morgan fingerprint density at radius 2 is 2.12 bits per heavy atom. The Hall–Kier alpha value is -0.440. The molecule has 0 saturated heterocycles. The molecule has 0 unspecified atom stereocenters. The van der Waals surface area contributed by atoms with Crippen LogP contribution in [0.25, 0.3) is 0 Å². The van der Waals surface area contributed by atoms with Crippen LogP contribution in [0.3, 0.4) is 0 Å². The highest BCUT2D eigenvalue weighted by Gasteiger charge is 2.24. The van der Waals surface area contributed by atoms with Crippen LogP contribution in [0.5, 0.6) is 0 Å². The maximum Gasteiger partial charge on any atom is 0.404 e. The second-order valence-electron chi connectivity index (χ2n) is 1.64. The van der Waals surface area contributed by atoms with Crippen molar-refractivity contribution >= 4 is 18.5 Å². The molecule has 0 aromatic heterocycles. The molecule has 3 nitrogen and oxygen atoms in total. The van der Waals surface area contributed by atoms with Gasteiger partial charge in [0.1, 0.15) is 6.10 Å². The minimum Gasteiger partial charge on any atom is -0.446 e. The lowest BCUT2D eigenvalue weighted by molar-refractivity contribution is 0.149. The Balaban J connectivity index is 0.000000490. The van der Waals surface area contributed by atoms with Gasteiger partial charge in [-0.25, -0.2) is 4.79 Å². The summed E-state index contributed by atoms with van der Waals surface area (Å²) in [4.78, 5) is 9.85. The first kappa shape index (κ1) is 7.56. The summed E-state index contributed by atoms with van der Waals surface area (Å²) < 4.78 is 4.50. The zero-order valence-electron chi connectivity index (χ0n) is 4.29. The summed E-state index contributed by atoms with van der Waals surface area (Å²) in [5.41, 5.74) is 4.67. The largest absolute Gasteiger partial charge is 0.446 e. The minimum atomic E-state index is -0.650. The Kier molecular flexibility index (Phi) is 2.62. The van der Waals surface area contributed by atoms with Gasteiger partial charge in [0.25, 0.3) is 0 Å². The van der Waals surface area contributed by atoms with Crippen LogP contribution in [-0.4, -0.2) is 12.2 Å². The molecule has 0 aliphatic heterocycles. The highest BCUT2D eigenvalue weighted by molar-refractivity contribution is 5.85. The molecule has 0 heterocycles. The third-order valence-corrected chi connectivity index (χ3v) is 0.807. The standard InChI is InChI=1S/C4H7NO2.ClH/c5-4(6)7-3-1-2-3;/h3H,1-2H2,(H2,5,6);1H. The number of rotatable bonds is 1. The molecule has 0 aromatic carbocycles. The van der Waals surface area contributed by atoms with Crippen molar-refractivity contribution in [3.05, 3.63) is 0 Å². The molecule has 1 rings (SSSR count). The Bertz CT molecular complexity index is 92.0. The molecule has 48 valence electrons. The van der Waals surface area contributed by atoms with Gasteiger partial charge < -0.3 is 10.5 Å². The lowest BCUT2D eigenvalue weighted by atomic mass is 10.8. The van der Waals surface area contributed by atoms with Gasteiger partial charge in [0.2, 0.25) is 0 Å². The van der Waals surface area contributed by atoms with Crippen LogP contribution < -0.4 is 5.73 Å². The molecule has 0 aromatic rings. The third-order valence-electron chi connectivity index (χ3n) is 0.807. The van der Waals surface area contributed by atoms with Crippen LogP contribution in [0.2, 0.25) is 0 Å². The lowest BCUT2D eigenvalue weighted by Crippen LogP contribution is -2.13. The molecule has 0 radical (unpaired) electrons. The average Bonchev–Trinajstić information content (AvgIpc) is 2.17. The zero-order chi connectivity index (χ0) is 5.28. The van der Waals surface area contributed by atoms with Gasteiger partial charge in [-0.05, 0) is 12.8 Å². The maximum atomic E-state index is 9.85. The van der Waals surface area contributed by atoms with Crippen molar-refractivity contribution in [3.8, 4) is 0 Å². The first-order valence-electron chi connectivity index (χ1n) is 2.25. The van der Waals surface area contributed by atoms with Gasteiger partial charge in [-0.2, -0.15) is 0 Å². The molecule has 4 heteroatoms. The molecule has 1 aliphatic rings. The molecule has 8 heavy (non-hydrogen) atoms. The van der Waals surface area contributed by atoms with E-state index in [4.69, 9.17) is 0 Å². The van der Waals surface area contributed by atoms with Gasteiger partial charge in [0.05, 0.1) is 0 Å². The number of halogens is 1. The lowest BCUT2D eigenvalue weighted by Gasteiger charge is -1.91. The predicted octanol–water partition coefficient (Wildman–Crippen LogP) is 0.666. The minimum absolute atomic E-state index is 0. The number of hydrogen-bond donors (Lipinski definition) is 1. The van der Waals surface area contributed by atoms with Crippen molar-refractivity contribution in [2.24, 2.45) is 5.73 Å². The fourth-order valence-electron chi connectivity index (χ4n) is 0.350. The Labute approximate surface area is 53.6 Å². The average molecular weight is 138 g/mol. The van der Waals surface area contributed by atoms with Crippen LogP contribution in [0.4, 0.5) is 4.79 Å². The molecule has 2 N–H and O–H groups in total. The van der Waals surface area contributed by atoms with E-state index in [1.165, 1.54) is 0 Å². The number of carbonyl (C=O) groups excluding carboxylic acids is 1. The number of primary amides is 1. The topological polar surface area (TPSA) is 52.3 Å². The summed E-state index contributed by atoms with van der Waals surface area (Å²) in [5.74, 6) is 0. The van der Waals surface area contributed by atoms with Gasteiger partial charge >= 0.3 is 6.09 Å². The number of ether oxygens (including phenoxy) is 1. The first-order valence-corrected chi connectivity index (χ1v) is 2.25. The molecule has 1 aliphatic carbocycles. The van der Waals surface area contributed by atoms with E-state index in [0.717, 1.165) is 12.8 Å². The summed E-state index contributed by atoms with van der Waals surface area (Å²) in [5, 5.41) is 0.